The maximum atomic E-state index is 6.08. The molecule has 2 atom stereocenters. The average molecular weight is 311 g/mol. The van der Waals surface area contributed by atoms with Gasteiger partial charge < -0.3 is 0 Å². The zero-order valence-corrected chi connectivity index (χ0v) is 11.9. The molecule has 0 aliphatic carbocycles. The van der Waals surface area contributed by atoms with E-state index in [1.807, 2.05) is 12.1 Å². The van der Waals surface area contributed by atoms with Crippen LogP contribution in [0.1, 0.15) is 18.4 Å². The molecule has 6 nitrogen and oxygen atoms in total. The number of nitrogens with zero attached hydrogens (tertiary/aromatic N) is 4. The van der Waals surface area contributed by atoms with Gasteiger partial charge in [-0.25, -0.2) is 10.0 Å². The molecule has 0 bridgehead atoms. The molecule has 0 radical (unpaired) electrons. The molecule has 1 aromatic carbocycles. The van der Waals surface area contributed by atoms with Gasteiger partial charge in [0.1, 0.15) is 18.7 Å². The van der Waals surface area contributed by atoms with Crippen molar-refractivity contribution in [1.29, 1.82) is 0 Å². The summed E-state index contributed by atoms with van der Waals surface area (Å²) in [4.78, 5) is 0. The minimum atomic E-state index is 0.144. The fourth-order valence-corrected chi connectivity index (χ4v) is 3.29. The summed E-state index contributed by atoms with van der Waals surface area (Å²) in [5.41, 5.74) is 7.13. The third-order valence-corrected chi connectivity index (χ3v) is 4.07. The zero-order valence-electron chi connectivity index (χ0n) is 10.4. The lowest BCUT2D eigenvalue weighted by atomic mass is 10.1. The van der Waals surface area contributed by atoms with Gasteiger partial charge in [-0.05, 0) is 31.0 Å². The van der Waals surface area contributed by atoms with Gasteiger partial charge in [0, 0.05) is 15.6 Å². The molecule has 3 aliphatic rings. The van der Waals surface area contributed by atoms with E-state index in [4.69, 9.17) is 23.2 Å². The van der Waals surface area contributed by atoms with E-state index in [1.54, 1.807) is 12.4 Å². The number of rotatable bonds is 1. The number of benzene rings is 1. The van der Waals surface area contributed by atoms with Crippen molar-refractivity contribution in [2.24, 2.45) is 10.2 Å². The normalized spacial score (nSPS) is 26.8. The molecule has 2 unspecified atom stereocenters. The Morgan fingerprint density at radius 3 is 2.60 bits per heavy atom. The lowest BCUT2D eigenvalue weighted by molar-refractivity contribution is 0.000110. The molecule has 2 N–H and O–H groups in total. The first-order valence-electron chi connectivity index (χ1n) is 6.38. The third-order valence-electron chi connectivity index (χ3n) is 3.63. The molecule has 0 saturated carbocycles. The van der Waals surface area contributed by atoms with E-state index >= 15 is 0 Å². The van der Waals surface area contributed by atoms with E-state index in [1.165, 1.54) is 0 Å². The number of fused-ring (bicyclic) bond motifs is 3. The van der Waals surface area contributed by atoms with Gasteiger partial charge in [0.2, 0.25) is 0 Å². The van der Waals surface area contributed by atoms with Gasteiger partial charge in [0.05, 0.1) is 0 Å². The van der Waals surface area contributed by atoms with Crippen LogP contribution in [0.2, 0.25) is 10.0 Å². The Balaban J connectivity index is 1.73. The van der Waals surface area contributed by atoms with Crippen molar-refractivity contribution in [3.05, 3.63) is 33.8 Å². The second kappa shape index (κ2) is 4.43. The van der Waals surface area contributed by atoms with Gasteiger partial charge in [-0.15, -0.1) is 0 Å². The number of halogens is 2. The van der Waals surface area contributed by atoms with E-state index in [0.29, 0.717) is 10.0 Å². The summed E-state index contributed by atoms with van der Waals surface area (Å²) in [5.74, 6) is 0.805. The number of hydrazine groups is 1. The molecule has 3 aliphatic heterocycles. The summed E-state index contributed by atoms with van der Waals surface area (Å²) in [6.07, 6.45) is 4.11. The highest BCUT2D eigenvalue weighted by Crippen LogP contribution is 2.29. The molecule has 8 heteroatoms. The largest absolute Gasteiger partial charge is 0.284 e. The van der Waals surface area contributed by atoms with Crippen molar-refractivity contribution >= 4 is 35.4 Å². The monoisotopic (exact) mass is 310 g/mol. The molecule has 4 rings (SSSR count). The van der Waals surface area contributed by atoms with E-state index in [2.05, 4.69) is 31.1 Å². The summed E-state index contributed by atoms with van der Waals surface area (Å²) < 4.78 is 0. The first-order valence-corrected chi connectivity index (χ1v) is 7.14. The Hall–Kier alpha value is -1.66. The molecule has 1 aromatic rings. The van der Waals surface area contributed by atoms with Crippen LogP contribution in [0.3, 0.4) is 0 Å². The minimum absolute atomic E-state index is 0.144. The van der Waals surface area contributed by atoms with Gasteiger partial charge in [-0.2, -0.15) is 10.2 Å². The maximum absolute atomic E-state index is 6.08. The van der Waals surface area contributed by atoms with E-state index in [9.17, 15) is 0 Å². The van der Waals surface area contributed by atoms with Crippen LogP contribution in [0, 0.1) is 0 Å². The third kappa shape index (κ3) is 1.79. The topological polar surface area (TPSA) is 55.3 Å². The maximum Gasteiger partial charge on any atom is 0.176 e. The quantitative estimate of drug-likeness (QED) is 0.830. The van der Waals surface area contributed by atoms with Crippen LogP contribution in [0.4, 0.5) is 0 Å². The highest BCUT2D eigenvalue weighted by molar-refractivity contribution is 6.35. The summed E-state index contributed by atoms with van der Waals surface area (Å²) >= 11 is 12.2. The van der Waals surface area contributed by atoms with Crippen molar-refractivity contribution in [3.8, 4) is 0 Å². The molecule has 0 amide bonds. The molecule has 20 heavy (non-hydrogen) atoms. The molecule has 1 fully saturated rings. The van der Waals surface area contributed by atoms with Crippen LogP contribution in [-0.4, -0.2) is 34.5 Å². The van der Waals surface area contributed by atoms with Crippen molar-refractivity contribution < 1.29 is 0 Å². The van der Waals surface area contributed by atoms with E-state index in [-0.39, 0.29) is 12.3 Å². The highest BCUT2D eigenvalue weighted by atomic mass is 35.5. The number of nitrogens with one attached hydrogen (secondary N) is 2. The van der Waals surface area contributed by atoms with Crippen LogP contribution in [-0.2, 0) is 0 Å². The SMILES string of the molecule is Clc1cc(Cl)cc(C2=NNC3CCC4NN=CN4N23)c1. The van der Waals surface area contributed by atoms with Gasteiger partial charge in [-0.1, -0.05) is 23.2 Å². The van der Waals surface area contributed by atoms with Crippen LogP contribution >= 0.6 is 23.2 Å². The van der Waals surface area contributed by atoms with E-state index < -0.39 is 0 Å². The average Bonchev–Trinajstić information content (AvgIpc) is 3.03. The van der Waals surface area contributed by atoms with Gasteiger partial charge in [-0.3, -0.25) is 10.9 Å². The summed E-state index contributed by atoms with van der Waals surface area (Å²) in [7, 11) is 0. The fraction of sp³-hybridized carbons (Fsp3) is 0.333. The number of hydrogen-bond acceptors (Lipinski definition) is 6. The van der Waals surface area contributed by atoms with Gasteiger partial charge in [0.25, 0.3) is 0 Å². The Kier molecular flexibility index (Phi) is 2.68. The first kappa shape index (κ1) is 12.1. The Bertz CT molecular complexity index is 596. The Morgan fingerprint density at radius 2 is 1.80 bits per heavy atom. The van der Waals surface area contributed by atoms with Crippen LogP contribution < -0.4 is 10.9 Å². The summed E-state index contributed by atoms with van der Waals surface area (Å²) in [5, 5.41) is 13.9. The fourth-order valence-electron chi connectivity index (χ4n) is 2.76. The molecule has 0 aromatic heterocycles. The Morgan fingerprint density at radius 1 is 1.05 bits per heavy atom. The van der Waals surface area contributed by atoms with Crippen LogP contribution in [0.25, 0.3) is 0 Å². The smallest absolute Gasteiger partial charge is 0.176 e. The van der Waals surface area contributed by atoms with Crippen molar-refractivity contribution in [2.45, 2.75) is 25.2 Å². The number of hydrazone groups is 2. The zero-order chi connectivity index (χ0) is 13.7. The number of hydrogen-bond donors (Lipinski definition) is 2. The predicted octanol–water partition coefficient (Wildman–Crippen LogP) is 1.77. The Labute approximate surface area is 126 Å². The lowest BCUT2D eigenvalue weighted by Crippen LogP contribution is -2.59. The lowest BCUT2D eigenvalue weighted by Gasteiger charge is -2.41. The van der Waals surface area contributed by atoms with Crippen LogP contribution in [0.15, 0.2) is 28.4 Å². The molecular weight excluding hydrogens is 299 g/mol. The summed E-state index contributed by atoms with van der Waals surface area (Å²) in [6.45, 7) is 0. The first-order chi connectivity index (χ1) is 9.72. The standard InChI is InChI=1S/C12H12Cl2N6/c13-8-3-7(4-9(14)5-8)12-18-17-11-2-1-10-16-15-6-19(10)20(11)12/h3-6,10-11,16-17H,1-2H2. The van der Waals surface area contributed by atoms with Crippen molar-refractivity contribution in [1.82, 2.24) is 20.9 Å². The second-order valence-electron chi connectivity index (χ2n) is 4.93. The van der Waals surface area contributed by atoms with Gasteiger partial charge in [0.15, 0.2) is 5.84 Å². The van der Waals surface area contributed by atoms with E-state index in [0.717, 1.165) is 24.2 Å². The molecule has 3 heterocycles. The number of amidine groups is 1. The second-order valence-corrected chi connectivity index (χ2v) is 5.80. The molecule has 104 valence electrons. The van der Waals surface area contributed by atoms with Gasteiger partial charge >= 0.3 is 0 Å². The molecular formula is C12H12Cl2N6. The van der Waals surface area contributed by atoms with Crippen molar-refractivity contribution in [2.75, 3.05) is 0 Å². The van der Waals surface area contributed by atoms with Crippen molar-refractivity contribution in [3.63, 3.8) is 0 Å². The highest BCUT2D eigenvalue weighted by Gasteiger charge is 2.41. The molecule has 1 saturated heterocycles. The predicted molar refractivity (Wildman–Crippen MR) is 78.3 cm³/mol. The molecule has 0 spiro atoms. The minimum Gasteiger partial charge on any atom is -0.284 e. The summed E-state index contributed by atoms with van der Waals surface area (Å²) in [6, 6.07) is 5.44. The van der Waals surface area contributed by atoms with Crippen LogP contribution in [0.5, 0.6) is 0 Å².